The second-order valence-electron chi connectivity index (χ2n) is 3.90. The number of amides is 1. The van der Waals surface area contributed by atoms with Gasteiger partial charge in [-0.3, -0.25) is 4.79 Å². The van der Waals surface area contributed by atoms with Gasteiger partial charge in [0, 0.05) is 17.6 Å². The van der Waals surface area contributed by atoms with Crippen LogP contribution in [0, 0.1) is 0 Å². The van der Waals surface area contributed by atoms with Gasteiger partial charge in [-0.25, -0.2) is 0 Å². The minimum absolute atomic E-state index is 0.0746. The Morgan fingerprint density at radius 2 is 1.88 bits per heavy atom. The predicted molar refractivity (Wildman–Crippen MR) is 74.0 cm³/mol. The van der Waals surface area contributed by atoms with E-state index in [4.69, 9.17) is 0 Å². The van der Waals surface area contributed by atoms with Crippen molar-refractivity contribution in [1.82, 2.24) is 10.6 Å². The van der Waals surface area contributed by atoms with Gasteiger partial charge in [0.1, 0.15) is 0 Å². The summed E-state index contributed by atoms with van der Waals surface area (Å²) in [5, 5.41) is 6.13. The molecule has 0 heterocycles. The molecule has 94 valence electrons. The molecule has 0 atom stereocenters. The highest BCUT2D eigenvalue weighted by atomic mass is 79.9. The van der Waals surface area contributed by atoms with Crippen LogP contribution in [0.5, 0.6) is 0 Å². The molecule has 0 fully saturated rings. The van der Waals surface area contributed by atoms with Crippen molar-refractivity contribution >= 4 is 21.8 Å². The summed E-state index contributed by atoms with van der Waals surface area (Å²) >= 11 is 3.37. The standard InChI is InChI=1S/C13H19BrN2O/c1-2-7-15-8-9-16-13(17)10-11-3-5-12(14)6-4-11/h3-6,15H,2,7-10H2,1H3,(H,16,17). The molecule has 1 rings (SSSR count). The lowest BCUT2D eigenvalue weighted by Gasteiger charge is -2.06. The number of hydrogen-bond acceptors (Lipinski definition) is 2. The minimum Gasteiger partial charge on any atom is -0.355 e. The molecular weight excluding hydrogens is 280 g/mol. The van der Waals surface area contributed by atoms with Gasteiger partial charge < -0.3 is 10.6 Å². The van der Waals surface area contributed by atoms with Crippen LogP contribution >= 0.6 is 15.9 Å². The molecular formula is C13H19BrN2O. The van der Waals surface area contributed by atoms with E-state index in [-0.39, 0.29) is 5.91 Å². The predicted octanol–water partition coefficient (Wildman–Crippen LogP) is 2.11. The summed E-state index contributed by atoms with van der Waals surface area (Å²) in [6.07, 6.45) is 1.56. The lowest BCUT2D eigenvalue weighted by molar-refractivity contribution is -0.120. The Labute approximate surface area is 111 Å². The van der Waals surface area contributed by atoms with Crippen LogP contribution in [-0.2, 0) is 11.2 Å². The van der Waals surface area contributed by atoms with E-state index in [1.165, 1.54) is 0 Å². The van der Waals surface area contributed by atoms with Crippen molar-refractivity contribution in [3.05, 3.63) is 34.3 Å². The lowest BCUT2D eigenvalue weighted by Crippen LogP contribution is -2.32. The highest BCUT2D eigenvalue weighted by molar-refractivity contribution is 9.10. The van der Waals surface area contributed by atoms with Gasteiger partial charge >= 0.3 is 0 Å². The fourth-order valence-corrected chi connectivity index (χ4v) is 1.71. The Bertz CT molecular complexity index is 338. The molecule has 0 radical (unpaired) electrons. The quantitative estimate of drug-likeness (QED) is 0.757. The van der Waals surface area contributed by atoms with Gasteiger partial charge in [0.15, 0.2) is 0 Å². The van der Waals surface area contributed by atoms with Crippen molar-refractivity contribution in [2.75, 3.05) is 19.6 Å². The highest BCUT2D eigenvalue weighted by Gasteiger charge is 2.02. The van der Waals surface area contributed by atoms with Crippen molar-refractivity contribution in [2.24, 2.45) is 0 Å². The maximum Gasteiger partial charge on any atom is 0.224 e. The number of benzene rings is 1. The normalized spacial score (nSPS) is 10.2. The van der Waals surface area contributed by atoms with Crippen LogP contribution in [0.4, 0.5) is 0 Å². The Balaban J connectivity index is 2.18. The SMILES string of the molecule is CCCNCCNC(=O)Cc1ccc(Br)cc1. The van der Waals surface area contributed by atoms with Crippen LogP contribution in [0.1, 0.15) is 18.9 Å². The zero-order valence-corrected chi connectivity index (χ0v) is 11.7. The monoisotopic (exact) mass is 298 g/mol. The highest BCUT2D eigenvalue weighted by Crippen LogP contribution is 2.10. The first-order valence-electron chi connectivity index (χ1n) is 5.94. The van der Waals surface area contributed by atoms with E-state index < -0.39 is 0 Å². The number of rotatable bonds is 7. The molecule has 4 heteroatoms. The van der Waals surface area contributed by atoms with Crippen LogP contribution in [0.25, 0.3) is 0 Å². The third-order valence-electron chi connectivity index (χ3n) is 2.33. The van der Waals surface area contributed by atoms with Crippen LogP contribution < -0.4 is 10.6 Å². The van der Waals surface area contributed by atoms with Gasteiger partial charge in [-0.1, -0.05) is 35.0 Å². The third kappa shape index (κ3) is 6.44. The molecule has 1 aromatic rings. The first-order chi connectivity index (χ1) is 8.22. The van der Waals surface area contributed by atoms with Gasteiger partial charge in [0.05, 0.1) is 6.42 Å². The average molecular weight is 299 g/mol. The fraction of sp³-hybridized carbons (Fsp3) is 0.462. The topological polar surface area (TPSA) is 41.1 Å². The Morgan fingerprint density at radius 3 is 2.53 bits per heavy atom. The van der Waals surface area contributed by atoms with Gasteiger partial charge in [0.25, 0.3) is 0 Å². The summed E-state index contributed by atoms with van der Waals surface area (Å²) in [7, 11) is 0. The van der Waals surface area contributed by atoms with E-state index in [1.807, 2.05) is 24.3 Å². The van der Waals surface area contributed by atoms with Crippen molar-refractivity contribution in [3.8, 4) is 0 Å². The van der Waals surface area contributed by atoms with Crippen LogP contribution in [0.15, 0.2) is 28.7 Å². The molecule has 0 saturated carbocycles. The largest absolute Gasteiger partial charge is 0.355 e. The number of halogens is 1. The molecule has 0 aliphatic rings. The molecule has 0 aliphatic carbocycles. The van der Waals surface area contributed by atoms with E-state index in [2.05, 4.69) is 33.5 Å². The second kappa shape index (κ2) is 8.25. The zero-order chi connectivity index (χ0) is 12.5. The maximum absolute atomic E-state index is 11.6. The van der Waals surface area contributed by atoms with Crippen molar-refractivity contribution in [1.29, 1.82) is 0 Å². The molecule has 0 aliphatic heterocycles. The number of carbonyl (C=O) groups is 1. The van der Waals surface area contributed by atoms with E-state index in [9.17, 15) is 4.79 Å². The summed E-state index contributed by atoms with van der Waals surface area (Å²) in [5.41, 5.74) is 1.03. The van der Waals surface area contributed by atoms with Crippen LogP contribution in [0.2, 0.25) is 0 Å². The maximum atomic E-state index is 11.6. The number of carbonyl (C=O) groups excluding carboxylic acids is 1. The van der Waals surface area contributed by atoms with E-state index in [0.717, 1.165) is 29.5 Å². The lowest BCUT2D eigenvalue weighted by atomic mass is 10.1. The molecule has 2 N–H and O–H groups in total. The van der Waals surface area contributed by atoms with Gasteiger partial charge in [-0.05, 0) is 30.7 Å². The summed E-state index contributed by atoms with van der Waals surface area (Å²) < 4.78 is 1.03. The molecule has 1 amide bonds. The van der Waals surface area contributed by atoms with Crippen molar-refractivity contribution < 1.29 is 4.79 Å². The molecule has 0 spiro atoms. The molecule has 0 aromatic heterocycles. The molecule has 0 unspecified atom stereocenters. The van der Waals surface area contributed by atoms with Crippen LogP contribution in [-0.4, -0.2) is 25.5 Å². The Morgan fingerprint density at radius 1 is 1.18 bits per heavy atom. The second-order valence-corrected chi connectivity index (χ2v) is 4.82. The van der Waals surface area contributed by atoms with Gasteiger partial charge in [-0.15, -0.1) is 0 Å². The Hall–Kier alpha value is -0.870. The van der Waals surface area contributed by atoms with E-state index in [0.29, 0.717) is 13.0 Å². The van der Waals surface area contributed by atoms with Gasteiger partial charge in [-0.2, -0.15) is 0 Å². The number of nitrogens with one attached hydrogen (secondary N) is 2. The molecule has 0 bridgehead atoms. The Kier molecular flexibility index (Phi) is 6.89. The molecule has 1 aromatic carbocycles. The third-order valence-corrected chi connectivity index (χ3v) is 2.86. The minimum atomic E-state index is 0.0746. The van der Waals surface area contributed by atoms with Crippen LogP contribution in [0.3, 0.4) is 0 Å². The van der Waals surface area contributed by atoms with E-state index in [1.54, 1.807) is 0 Å². The molecule has 3 nitrogen and oxygen atoms in total. The van der Waals surface area contributed by atoms with Gasteiger partial charge in [0.2, 0.25) is 5.91 Å². The summed E-state index contributed by atoms with van der Waals surface area (Å²) in [5.74, 6) is 0.0746. The molecule has 17 heavy (non-hydrogen) atoms. The first-order valence-corrected chi connectivity index (χ1v) is 6.73. The van der Waals surface area contributed by atoms with Crippen molar-refractivity contribution in [3.63, 3.8) is 0 Å². The van der Waals surface area contributed by atoms with E-state index >= 15 is 0 Å². The average Bonchev–Trinajstić information content (AvgIpc) is 2.32. The fourth-order valence-electron chi connectivity index (χ4n) is 1.44. The molecule has 0 saturated heterocycles. The first kappa shape index (κ1) is 14.2. The summed E-state index contributed by atoms with van der Waals surface area (Å²) in [6, 6.07) is 7.81. The smallest absolute Gasteiger partial charge is 0.224 e. The zero-order valence-electron chi connectivity index (χ0n) is 10.1. The summed E-state index contributed by atoms with van der Waals surface area (Å²) in [6.45, 7) is 4.65. The summed E-state index contributed by atoms with van der Waals surface area (Å²) in [4.78, 5) is 11.6. The van der Waals surface area contributed by atoms with Crippen molar-refractivity contribution in [2.45, 2.75) is 19.8 Å². The number of hydrogen-bond donors (Lipinski definition) is 2.